The first-order chi connectivity index (χ1) is 9.31. The second-order valence-corrected chi connectivity index (χ2v) is 4.55. The molecule has 4 nitrogen and oxygen atoms in total. The van der Waals surface area contributed by atoms with E-state index in [0.29, 0.717) is 0 Å². The maximum atomic E-state index is 4.44. The molecule has 96 valence electrons. The van der Waals surface area contributed by atoms with Crippen LogP contribution in [0, 0.1) is 6.92 Å². The molecule has 1 aromatic heterocycles. The van der Waals surface area contributed by atoms with Gasteiger partial charge in [-0.2, -0.15) is 0 Å². The summed E-state index contributed by atoms with van der Waals surface area (Å²) in [5, 5.41) is 0. The Kier molecular flexibility index (Phi) is 2.99. The van der Waals surface area contributed by atoms with Crippen LogP contribution in [0.15, 0.2) is 35.6 Å². The number of para-hydroxylation sites is 1. The minimum Gasteiger partial charge on any atom is -0.324 e. The van der Waals surface area contributed by atoms with Crippen LogP contribution in [0.4, 0.5) is 17.2 Å². The monoisotopic (exact) mass is 252 g/mol. The highest BCUT2D eigenvalue weighted by atomic mass is 15.2. The van der Waals surface area contributed by atoms with E-state index in [2.05, 4.69) is 44.1 Å². The van der Waals surface area contributed by atoms with Gasteiger partial charge < -0.3 is 4.90 Å². The summed E-state index contributed by atoms with van der Waals surface area (Å²) in [5.41, 5.74) is 4.37. The fraction of sp³-hybridized carbons (Fsp3) is 0.267. The Morgan fingerprint density at radius 1 is 1.26 bits per heavy atom. The molecule has 0 saturated carbocycles. The molecule has 1 aliphatic rings. The molecule has 1 aromatic carbocycles. The number of rotatable bonds is 2. The van der Waals surface area contributed by atoms with Crippen LogP contribution in [-0.4, -0.2) is 22.7 Å². The lowest BCUT2D eigenvalue weighted by Crippen LogP contribution is -2.15. The van der Waals surface area contributed by atoms with Gasteiger partial charge >= 0.3 is 0 Å². The molecule has 0 N–H and O–H groups in total. The minimum absolute atomic E-state index is 0.863. The van der Waals surface area contributed by atoms with Gasteiger partial charge in [-0.15, -0.1) is 0 Å². The highest BCUT2D eigenvalue weighted by molar-refractivity contribution is 5.78. The molecule has 0 amide bonds. The fourth-order valence-corrected chi connectivity index (χ4v) is 2.49. The summed E-state index contributed by atoms with van der Waals surface area (Å²) in [7, 11) is 0. The zero-order chi connectivity index (χ0) is 13.2. The van der Waals surface area contributed by atoms with Crippen molar-refractivity contribution in [1.29, 1.82) is 0 Å². The second-order valence-electron chi connectivity index (χ2n) is 4.55. The Balaban J connectivity index is 2.12. The highest BCUT2D eigenvalue weighted by Crippen LogP contribution is 2.38. The molecule has 0 unspecified atom stereocenters. The van der Waals surface area contributed by atoms with Gasteiger partial charge in [0.25, 0.3) is 0 Å². The van der Waals surface area contributed by atoms with Crippen LogP contribution >= 0.6 is 0 Å². The summed E-state index contributed by atoms with van der Waals surface area (Å²) in [6.45, 7) is 4.83. The van der Waals surface area contributed by atoms with E-state index in [1.807, 2.05) is 13.8 Å². The lowest BCUT2D eigenvalue weighted by atomic mass is 10.2. The summed E-state index contributed by atoms with van der Waals surface area (Å²) in [6.07, 6.45) is 4.45. The molecule has 0 radical (unpaired) electrons. The molecule has 1 aliphatic heterocycles. The lowest BCUT2D eigenvalue weighted by Gasteiger charge is -2.20. The van der Waals surface area contributed by atoms with Crippen LogP contribution < -0.4 is 4.90 Å². The lowest BCUT2D eigenvalue weighted by molar-refractivity contribution is 0.956. The number of anilines is 2. The predicted molar refractivity (Wildman–Crippen MR) is 77.7 cm³/mol. The van der Waals surface area contributed by atoms with Crippen molar-refractivity contribution in [3.8, 4) is 0 Å². The SMILES string of the molecule is C/C=N\c1c(C)ncnc1N1CCc2ccccc21. The first-order valence-electron chi connectivity index (χ1n) is 6.47. The van der Waals surface area contributed by atoms with E-state index in [9.17, 15) is 0 Å². The van der Waals surface area contributed by atoms with Gasteiger partial charge in [-0.05, 0) is 31.9 Å². The average molecular weight is 252 g/mol. The number of aryl methyl sites for hydroxylation is 1. The van der Waals surface area contributed by atoms with Crippen molar-refractivity contribution in [2.75, 3.05) is 11.4 Å². The summed E-state index contributed by atoms with van der Waals surface area (Å²) < 4.78 is 0. The minimum atomic E-state index is 0.863. The van der Waals surface area contributed by atoms with Crippen LogP contribution in [0.2, 0.25) is 0 Å². The number of aromatic nitrogens is 2. The fourth-order valence-electron chi connectivity index (χ4n) is 2.49. The Labute approximate surface area is 112 Å². The first kappa shape index (κ1) is 11.8. The van der Waals surface area contributed by atoms with Crippen LogP contribution in [0.25, 0.3) is 0 Å². The van der Waals surface area contributed by atoms with Crippen molar-refractivity contribution < 1.29 is 0 Å². The van der Waals surface area contributed by atoms with Crippen LogP contribution in [-0.2, 0) is 6.42 Å². The molecule has 0 bridgehead atoms. The Hall–Kier alpha value is -2.23. The maximum Gasteiger partial charge on any atom is 0.162 e. The molecule has 2 aromatic rings. The maximum absolute atomic E-state index is 4.44. The van der Waals surface area contributed by atoms with Crippen molar-refractivity contribution in [2.45, 2.75) is 20.3 Å². The van der Waals surface area contributed by atoms with E-state index in [1.54, 1.807) is 12.5 Å². The summed E-state index contributed by atoms with van der Waals surface area (Å²) >= 11 is 0. The quantitative estimate of drug-likeness (QED) is 0.771. The van der Waals surface area contributed by atoms with Crippen LogP contribution in [0.1, 0.15) is 18.2 Å². The number of hydrogen-bond donors (Lipinski definition) is 0. The van der Waals surface area contributed by atoms with E-state index < -0.39 is 0 Å². The Morgan fingerprint density at radius 2 is 2.11 bits per heavy atom. The van der Waals surface area contributed by atoms with Gasteiger partial charge in [-0.3, -0.25) is 4.99 Å². The van der Waals surface area contributed by atoms with Gasteiger partial charge in [-0.1, -0.05) is 18.2 Å². The summed E-state index contributed by atoms with van der Waals surface area (Å²) in [5.74, 6) is 0.899. The van der Waals surface area contributed by atoms with E-state index in [1.165, 1.54) is 11.3 Å². The Bertz CT molecular complexity index is 634. The second kappa shape index (κ2) is 4.80. The van der Waals surface area contributed by atoms with Crippen molar-refractivity contribution in [3.05, 3.63) is 41.9 Å². The van der Waals surface area contributed by atoms with Crippen molar-refractivity contribution in [2.24, 2.45) is 4.99 Å². The van der Waals surface area contributed by atoms with E-state index in [-0.39, 0.29) is 0 Å². The smallest absolute Gasteiger partial charge is 0.162 e. The Morgan fingerprint density at radius 3 is 2.95 bits per heavy atom. The van der Waals surface area contributed by atoms with Crippen molar-refractivity contribution in [3.63, 3.8) is 0 Å². The number of benzene rings is 1. The molecule has 3 rings (SSSR count). The zero-order valence-corrected chi connectivity index (χ0v) is 11.2. The van der Waals surface area contributed by atoms with E-state index in [0.717, 1.165) is 30.2 Å². The summed E-state index contributed by atoms with van der Waals surface area (Å²) in [4.78, 5) is 15.3. The third kappa shape index (κ3) is 1.99. The molecule has 0 fully saturated rings. The zero-order valence-electron chi connectivity index (χ0n) is 11.2. The largest absolute Gasteiger partial charge is 0.324 e. The molecule has 0 spiro atoms. The molecule has 4 heteroatoms. The topological polar surface area (TPSA) is 41.4 Å². The number of hydrogen-bond acceptors (Lipinski definition) is 4. The number of nitrogens with zero attached hydrogens (tertiary/aromatic N) is 4. The molecule has 19 heavy (non-hydrogen) atoms. The van der Waals surface area contributed by atoms with Crippen molar-refractivity contribution >= 4 is 23.4 Å². The van der Waals surface area contributed by atoms with Crippen LogP contribution in [0.5, 0.6) is 0 Å². The van der Waals surface area contributed by atoms with Gasteiger partial charge in [0.1, 0.15) is 12.0 Å². The third-order valence-electron chi connectivity index (χ3n) is 3.39. The molecule has 2 heterocycles. The molecular formula is C15H16N4. The predicted octanol–water partition coefficient (Wildman–Crippen LogP) is 3.20. The van der Waals surface area contributed by atoms with Gasteiger partial charge in [0, 0.05) is 18.4 Å². The number of fused-ring (bicyclic) bond motifs is 1. The van der Waals surface area contributed by atoms with E-state index in [4.69, 9.17) is 0 Å². The normalized spacial score (nSPS) is 14.1. The van der Waals surface area contributed by atoms with Crippen LogP contribution in [0.3, 0.4) is 0 Å². The van der Waals surface area contributed by atoms with E-state index >= 15 is 0 Å². The highest BCUT2D eigenvalue weighted by Gasteiger charge is 2.23. The molecule has 0 saturated heterocycles. The van der Waals surface area contributed by atoms with Gasteiger partial charge in [-0.25, -0.2) is 9.97 Å². The van der Waals surface area contributed by atoms with Gasteiger partial charge in [0.05, 0.1) is 5.69 Å². The molecule has 0 aliphatic carbocycles. The third-order valence-corrected chi connectivity index (χ3v) is 3.39. The van der Waals surface area contributed by atoms with Gasteiger partial charge in [0.15, 0.2) is 5.82 Å². The average Bonchev–Trinajstić information content (AvgIpc) is 2.85. The first-order valence-corrected chi connectivity index (χ1v) is 6.47. The van der Waals surface area contributed by atoms with Gasteiger partial charge in [0.2, 0.25) is 0 Å². The number of aliphatic imine (C=N–C) groups is 1. The standard InChI is InChI=1S/C15H16N4/c1-3-16-14-11(2)17-10-18-15(14)19-9-8-12-6-4-5-7-13(12)19/h3-7,10H,8-9H2,1-2H3/b16-3-. The summed E-state index contributed by atoms with van der Waals surface area (Å²) in [6, 6.07) is 8.46. The molecular weight excluding hydrogens is 236 g/mol. The molecule has 0 atom stereocenters. The van der Waals surface area contributed by atoms with Crippen molar-refractivity contribution in [1.82, 2.24) is 9.97 Å².